The molecular weight excluding hydrogens is 476 g/mol. The maximum absolute atomic E-state index is 13.3. The van der Waals surface area contributed by atoms with E-state index in [9.17, 15) is 19.8 Å². The van der Waals surface area contributed by atoms with Crippen molar-refractivity contribution >= 4 is 11.8 Å². The number of hydrogen-bond acceptors (Lipinski definition) is 8. The lowest BCUT2D eigenvalue weighted by Crippen LogP contribution is -2.50. The van der Waals surface area contributed by atoms with Crippen molar-refractivity contribution < 1.29 is 24.3 Å². The Morgan fingerprint density at radius 2 is 1.84 bits per heavy atom. The molecular formula is C26H26N6O5. The Bertz CT molecular complexity index is 1400. The highest BCUT2D eigenvalue weighted by atomic mass is 16.5. The lowest BCUT2D eigenvalue weighted by Gasteiger charge is -2.27. The van der Waals surface area contributed by atoms with Crippen molar-refractivity contribution in [2.45, 2.75) is 44.7 Å². The number of benzene rings is 2. The molecule has 3 N–H and O–H groups in total. The summed E-state index contributed by atoms with van der Waals surface area (Å²) >= 11 is 0. The van der Waals surface area contributed by atoms with Crippen LogP contribution in [0.5, 0.6) is 0 Å². The lowest BCUT2D eigenvalue weighted by atomic mass is 10.0. The van der Waals surface area contributed by atoms with E-state index in [1.165, 1.54) is 4.90 Å². The van der Waals surface area contributed by atoms with Gasteiger partial charge >= 0.3 is 0 Å². The first-order valence-corrected chi connectivity index (χ1v) is 11.8. The van der Waals surface area contributed by atoms with Crippen LogP contribution in [0.3, 0.4) is 0 Å². The molecule has 11 heteroatoms. The number of carbonyl (C=O) groups excluding carboxylic acids is 2. The Morgan fingerprint density at radius 1 is 1.08 bits per heavy atom. The molecule has 0 fully saturated rings. The van der Waals surface area contributed by atoms with Crippen molar-refractivity contribution in [1.29, 1.82) is 0 Å². The predicted octanol–water partition coefficient (Wildman–Crippen LogP) is 1.59. The molecule has 5 rings (SSSR count). The minimum Gasteiger partial charge on any atom is -0.380 e. The standard InChI is InChI=1S/C26H26N6O5/c1-15(17-8-10-19(11-9-17)32-13-5-12-27-32)28-24(35)22(33)23(34)26(36)31-14-18-6-3-4-7-20(18)21(31)25-29-16(2)30-37-25/h3-13,15,21-23,33-34H,14H2,1-2H3,(H,28,35)/t15-,21-,22-,23-/m1/s1. The second kappa shape index (κ2) is 9.96. The number of aryl methyl sites for hydroxylation is 1. The highest BCUT2D eigenvalue weighted by Crippen LogP contribution is 2.38. The number of nitrogens with one attached hydrogen (secondary N) is 1. The van der Waals surface area contributed by atoms with Crippen molar-refractivity contribution in [2.75, 3.05) is 0 Å². The fourth-order valence-corrected chi connectivity index (χ4v) is 4.45. The highest BCUT2D eigenvalue weighted by molar-refractivity contribution is 5.91. The first kappa shape index (κ1) is 24.3. The molecule has 4 aromatic rings. The molecule has 0 aliphatic carbocycles. The summed E-state index contributed by atoms with van der Waals surface area (Å²) in [4.78, 5) is 31.6. The second-order valence-corrected chi connectivity index (χ2v) is 8.91. The number of rotatable bonds is 7. The third-order valence-corrected chi connectivity index (χ3v) is 6.40. The minimum atomic E-state index is -1.99. The van der Waals surface area contributed by atoms with E-state index in [0.29, 0.717) is 5.82 Å². The van der Waals surface area contributed by atoms with Crippen LogP contribution in [0.25, 0.3) is 5.69 Å². The number of carbonyl (C=O) groups is 2. The molecule has 0 radical (unpaired) electrons. The van der Waals surface area contributed by atoms with Gasteiger partial charge in [-0.3, -0.25) is 9.59 Å². The first-order valence-electron chi connectivity index (χ1n) is 11.8. The minimum absolute atomic E-state index is 0.158. The predicted molar refractivity (Wildman–Crippen MR) is 130 cm³/mol. The summed E-state index contributed by atoms with van der Waals surface area (Å²) < 4.78 is 7.03. The molecule has 2 amide bonds. The van der Waals surface area contributed by atoms with Gasteiger partial charge in [0.2, 0.25) is 0 Å². The van der Waals surface area contributed by atoms with Crippen LogP contribution in [0.15, 0.2) is 71.5 Å². The lowest BCUT2D eigenvalue weighted by molar-refractivity contribution is -0.155. The Balaban J connectivity index is 1.27. The van der Waals surface area contributed by atoms with Gasteiger partial charge in [0.05, 0.1) is 11.7 Å². The summed E-state index contributed by atoms with van der Waals surface area (Å²) in [5, 5.41) is 31.9. The van der Waals surface area contributed by atoms with Gasteiger partial charge in [-0.25, -0.2) is 4.68 Å². The molecule has 37 heavy (non-hydrogen) atoms. The van der Waals surface area contributed by atoms with Gasteiger partial charge in [-0.15, -0.1) is 0 Å². The normalized spacial score (nSPS) is 17.2. The smallest absolute Gasteiger partial charge is 0.255 e. The van der Waals surface area contributed by atoms with Gasteiger partial charge in [-0.05, 0) is 48.7 Å². The van der Waals surface area contributed by atoms with Crippen molar-refractivity contribution in [2.24, 2.45) is 0 Å². The summed E-state index contributed by atoms with van der Waals surface area (Å²) in [6.07, 6.45) is -0.475. The summed E-state index contributed by atoms with van der Waals surface area (Å²) in [6.45, 7) is 3.56. The number of nitrogens with zero attached hydrogens (tertiary/aromatic N) is 5. The topological polar surface area (TPSA) is 147 Å². The number of aliphatic hydroxyl groups is 2. The average Bonchev–Trinajstić information content (AvgIpc) is 3.67. The maximum atomic E-state index is 13.3. The fourth-order valence-electron chi connectivity index (χ4n) is 4.45. The van der Waals surface area contributed by atoms with E-state index in [2.05, 4.69) is 20.6 Å². The van der Waals surface area contributed by atoms with E-state index in [1.54, 1.807) is 24.7 Å². The van der Waals surface area contributed by atoms with Crippen LogP contribution in [0, 0.1) is 6.92 Å². The third-order valence-electron chi connectivity index (χ3n) is 6.40. The van der Waals surface area contributed by atoms with Gasteiger partial charge < -0.3 is 25.0 Å². The molecule has 0 spiro atoms. The second-order valence-electron chi connectivity index (χ2n) is 8.91. The molecule has 1 aliphatic rings. The van der Waals surface area contributed by atoms with Crippen molar-refractivity contribution in [3.05, 3.63) is 95.4 Å². The van der Waals surface area contributed by atoms with Crippen LogP contribution >= 0.6 is 0 Å². The van der Waals surface area contributed by atoms with Gasteiger partial charge in [-0.2, -0.15) is 10.1 Å². The van der Waals surface area contributed by atoms with E-state index < -0.39 is 36.1 Å². The van der Waals surface area contributed by atoms with Crippen LogP contribution in [-0.2, 0) is 16.1 Å². The Labute approximate surface area is 212 Å². The highest BCUT2D eigenvalue weighted by Gasteiger charge is 2.43. The molecule has 0 saturated carbocycles. The molecule has 3 heterocycles. The number of hydrogen-bond donors (Lipinski definition) is 3. The zero-order chi connectivity index (χ0) is 26.1. The number of aromatic nitrogens is 4. The molecule has 2 aromatic carbocycles. The van der Waals surface area contributed by atoms with Crippen molar-refractivity contribution in [3.63, 3.8) is 0 Å². The number of fused-ring (bicyclic) bond motifs is 1. The molecule has 1 aliphatic heterocycles. The fraction of sp³-hybridized carbons (Fsp3) is 0.269. The average molecular weight is 503 g/mol. The molecule has 4 atom stereocenters. The van der Waals surface area contributed by atoms with Gasteiger partial charge in [0, 0.05) is 18.9 Å². The van der Waals surface area contributed by atoms with E-state index in [4.69, 9.17) is 4.52 Å². The summed E-state index contributed by atoms with van der Waals surface area (Å²) in [7, 11) is 0. The molecule has 190 valence electrons. The van der Waals surface area contributed by atoms with E-state index >= 15 is 0 Å². The van der Waals surface area contributed by atoms with Crippen LogP contribution in [0.1, 0.15) is 47.4 Å². The Hall–Kier alpha value is -4.35. The third kappa shape index (κ3) is 4.74. The molecule has 2 aromatic heterocycles. The maximum Gasteiger partial charge on any atom is 0.255 e. The summed E-state index contributed by atoms with van der Waals surface area (Å²) in [6, 6.07) is 15.3. The zero-order valence-electron chi connectivity index (χ0n) is 20.2. The van der Waals surface area contributed by atoms with Gasteiger partial charge in [0.1, 0.15) is 6.04 Å². The van der Waals surface area contributed by atoms with Crippen LogP contribution in [-0.4, -0.2) is 59.1 Å². The van der Waals surface area contributed by atoms with Gasteiger partial charge in [0.25, 0.3) is 17.7 Å². The van der Waals surface area contributed by atoms with E-state index in [1.807, 2.05) is 60.8 Å². The van der Waals surface area contributed by atoms with E-state index in [0.717, 1.165) is 22.4 Å². The first-order chi connectivity index (χ1) is 17.8. The molecule has 0 saturated heterocycles. The van der Waals surface area contributed by atoms with Gasteiger partial charge in [-0.1, -0.05) is 41.6 Å². The number of aliphatic hydroxyl groups excluding tert-OH is 2. The quantitative estimate of drug-likeness (QED) is 0.345. The van der Waals surface area contributed by atoms with Crippen molar-refractivity contribution in [1.82, 2.24) is 30.1 Å². The molecule has 0 bridgehead atoms. The molecule has 0 unspecified atom stereocenters. The van der Waals surface area contributed by atoms with Crippen LogP contribution in [0.2, 0.25) is 0 Å². The van der Waals surface area contributed by atoms with Gasteiger partial charge in [0.15, 0.2) is 18.0 Å². The molecule has 11 nitrogen and oxygen atoms in total. The monoisotopic (exact) mass is 502 g/mol. The number of amides is 2. The van der Waals surface area contributed by atoms with Crippen LogP contribution in [0.4, 0.5) is 0 Å². The van der Waals surface area contributed by atoms with E-state index in [-0.39, 0.29) is 12.4 Å². The van der Waals surface area contributed by atoms with Crippen LogP contribution < -0.4 is 5.32 Å². The van der Waals surface area contributed by atoms with Crippen molar-refractivity contribution in [3.8, 4) is 5.69 Å². The Kier molecular flexibility index (Phi) is 6.55. The SMILES string of the molecule is Cc1noc([C@H]2c3ccccc3CN2C(=O)[C@H](O)[C@@H](O)C(=O)N[C@H](C)c2ccc(-n3cccn3)cc2)n1. The summed E-state index contributed by atoms with van der Waals surface area (Å²) in [5.41, 5.74) is 3.25. The summed E-state index contributed by atoms with van der Waals surface area (Å²) in [5.74, 6) is -1.10. The zero-order valence-corrected chi connectivity index (χ0v) is 20.2. The Morgan fingerprint density at radius 3 is 2.51 bits per heavy atom. The largest absolute Gasteiger partial charge is 0.380 e.